The van der Waals surface area contributed by atoms with Crippen molar-refractivity contribution in [3.8, 4) is 0 Å². The molecule has 0 radical (unpaired) electrons. The average molecular weight is 262 g/mol. The van der Waals surface area contributed by atoms with Crippen LogP contribution in [0.4, 0.5) is 0 Å². The molecule has 0 amide bonds. The molecular formula is C12H26N2O2S. The van der Waals surface area contributed by atoms with Crippen molar-refractivity contribution in [3.63, 3.8) is 0 Å². The van der Waals surface area contributed by atoms with Gasteiger partial charge in [0.05, 0.1) is 11.0 Å². The van der Waals surface area contributed by atoms with Crippen molar-refractivity contribution in [2.24, 2.45) is 0 Å². The molecular weight excluding hydrogens is 236 g/mol. The zero-order valence-corrected chi connectivity index (χ0v) is 11.9. The lowest BCUT2D eigenvalue weighted by molar-refractivity contribution is 0.402. The minimum atomic E-state index is -2.86. The topological polar surface area (TPSA) is 49.4 Å². The number of hydrogen-bond acceptors (Lipinski definition) is 4. The smallest absolute Gasteiger partial charge is 0.154 e. The first-order valence-corrected chi connectivity index (χ1v) is 8.31. The lowest BCUT2D eigenvalue weighted by Crippen LogP contribution is -2.34. The maximum Gasteiger partial charge on any atom is 0.154 e. The number of nitrogens with one attached hydrogen (secondary N) is 1. The van der Waals surface area contributed by atoms with E-state index in [1.165, 1.54) is 6.42 Å². The first-order chi connectivity index (χ1) is 8.02. The summed E-state index contributed by atoms with van der Waals surface area (Å²) in [5.41, 5.74) is 0. The van der Waals surface area contributed by atoms with E-state index in [4.69, 9.17) is 0 Å². The van der Waals surface area contributed by atoms with Gasteiger partial charge in [-0.1, -0.05) is 19.3 Å². The summed E-state index contributed by atoms with van der Waals surface area (Å²) in [5, 5.41) is 3.13. The summed E-state index contributed by atoms with van der Waals surface area (Å²) in [6.45, 7) is 2.39. The Morgan fingerprint density at radius 3 is 2.35 bits per heavy atom. The van der Waals surface area contributed by atoms with Crippen LogP contribution in [0.2, 0.25) is 0 Å². The fraction of sp³-hybridized carbons (Fsp3) is 1.00. The monoisotopic (exact) mass is 262 g/mol. The standard InChI is InChI=1S/C12H26N2O2S/c1-14(2)10-8-13-9-11-17(15,16)12-6-4-3-5-7-12/h12-13H,3-11H2,1-2H3. The molecule has 0 saturated heterocycles. The summed E-state index contributed by atoms with van der Waals surface area (Å²) >= 11 is 0. The van der Waals surface area contributed by atoms with E-state index in [1.54, 1.807) is 0 Å². The van der Waals surface area contributed by atoms with Gasteiger partial charge in [0.2, 0.25) is 0 Å². The third kappa shape index (κ3) is 5.84. The molecule has 1 fully saturated rings. The third-order valence-electron chi connectivity index (χ3n) is 3.36. The van der Waals surface area contributed by atoms with Gasteiger partial charge >= 0.3 is 0 Å². The highest BCUT2D eigenvalue weighted by molar-refractivity contribution is 7.92. The minimum Gasteiger partial charge on any atom is -0.314 e. The molecule has 5 heteroatoms. The van der Waals surface area contributed by atoms with Crippen molar-refractivity contribution in [1.82, 2.24) is 10.2 Å². The first kappa shape index (κ1) is 14.9. The molecule has 1 N–H and O–H groups in total. The molecule has 0 atom stereocenters. The van der Waals surface area contributed by atoms with E-state index < -0.39 is 9.84 Å². The fourth-order valence-corrected chi connectivity index (χ4v) is 4.05. The summed E-state index contributed by atoms with van der Waals surface area (Å²) in [6, 6.07) is 0. The minimum absolute atomic E-state index is 0.0631. The van der Waals surface area contributed by atoms with Gasteiger partial charge in [-0.05, 0) is 26.9 Å². The lowest BCUT2D eigenvalue weighted by Gasteiger charge is -2.21. The number of rotatable bonds is 7. The molecule has 17 heavy (non-hydrogen) atoms. The Kier molecular flexibility index (Phi) is 6.44. The van der Waals surface area contributed by atoms with Crippen molar-refractivity contribution in [3.05, 3.63) is 0 Å². The van der Waals surface area contributed by atoms with Crippen molar-refractivity contribution < 1.29 is 8.42 Å². The molecule has 1 aliphatic carbocycles. The highest BCUT2D eigenvalue weighted by atomic mass is 32.2. The molecule has 102 valence electrons. The van der Waals surface area contributed by atoms with E-state index in [1.807, 2.05) is 14.1 Å². The highest BCUT2D eigenvalue weighted by Gasteiger charge is 2.26. The Morgan fingerprint density at radius 1 is 1.12 bits per heavy atom. The van der Waals surface area contributed by atoms with Crippen molar-refractivity contribution in [2.45, 2.75) is 37.4 Å². The molecule has 0 aromatic rings. The summed E-state index contributed by atoms with van der Waals surface area (Å²) in [4.78, 5) is 2.09. The third-order valence-corrected chi connectivity index (χ3v) is 5.62. The van der Waals surface area contributed by atoms with Gasteiger partial charge in [0, 0.05) is 19.6 Å². The second kappa shape index (κ2) is 7.34. The zero-order chi connectivity index (χ0) is 12.7. The van der Waals surface area contributed by atoms with Gasteiger partial charge in [-0.15, -0.1) is 0 Å². The average Bonchev–Trinajstić information content (AvgIpc) is 2.29. The summed E-state index contributed by atoms with van der Waals surface area (Å²) in [6.07, 6.45) is 5.11. The Morgan fingerprint density at radius 2 is 1.76 bits per heavy atom. The van der Waals surface area contributed by atoms with E-state index in [9.17, 15) is 8.42 Å². The lowest BCUT2D eigenvalue weighted by atomic mass is 10.0. The molecule has 0 heterocycles. The summed E-state index contributed by atoms with van der Waals surface area (Å²) in [7, 11) is 1.17. The van der Waals surface area contributed by atoms with Crippen LogP contribution >= 0.6 is 0 Å². The molecule has 1 rings (SSSR count). The van der Waals surface area contributed by atoms with Crippen LogP contribution in [0.5, 0.6) is 0 Å². The molecule has 0 spiro atoms. The van der Waals surface area contributed by atoms with Gasteiger partial charge < -0.3 is 10.2 Å². The van der Waals surface area contributed by atoms with Crippen LogP contribution < -0.4 is 5.32 Å². The second-order valence-corrected chi connectivity index (χ2v) is 7.58. The zero-order valence-electron chi connectivity index (χ0n) is 11.1. The Balaban J connectivity index is 2.20. The largest absolute Gasteiger partial charge is 0.314 e. The van der Waals surface area contributed by atoms with Gasteiger partial charge in [0.15, 0.2) is 9.84 Å². The maximum atomic E-state index is 12.0. The molecule has 0 bridgehead atoms. The van der Waals surface area contributed by atoms with Gasteiger partial charge in [0.1, 0.15) is 0 Å². The predicted octanol–water partition coefficient (Wildman–Crippen LogP) is 0.885. The molecule has 1 aliphatic rings. The van der Waals surface area contributed by atoms with Gasteiger partial charge in [-0.25, -0.2) is 8.42 Å². The second-order valence-electron chi connectivity index (χ2n) is 5.18. The van der Waals surface area contributed by atoms with Crippen LogP contribution in [0.15, 0.2) is 0 Å². The molecule has 0 aromatic carbocycles. The van der Waals surface area contributed by atoms with Gasteiger partial charge in [-0.3, -0.25) is 0 Å². The Bertz CT molecular complexity index is 296. The van der Waals surface area contributed by atoms with E-state index >= 15 is 0 Å². The molecule has 0 aromatic heterocycles. The van der Waals surface area contributed by atoms with Crippen molar-refractivity contribution in [1.29, 1.82) is 0 Å². The van der Waals surface area contributed by atoms with Crippen molar-refractivity contribution >= 4 is 9.84 Å². The number of likely N-dealkylation sites (N-methyl/N-ethyl adjacent to an activating group) is 1. The van der Waals surface area contributed by atoms with E-state index in [0.29, 0.717) is 12.3 Å². The van der Waals surface area contributed by atoms with E-state index in [-0.39, 0.29) is 5.25 Å². The fourth-order valence-electron chi connectivity index (χ4n) is 2.23. The summed E-state index contributed by atoms with van der Waals surface area (Å²) < 4.78 is 24.1. The molecule has 4 nitrogen and oxygen atoms in total. The van der Waals surface area contributed by atoms with Crippen LogP contribution in [0.3, 0.4) is 0 Å². The normalized spacial score (nSPS) is 18.8. The van der Waals surface area contributed by atoms with Crippen LogP contribution in [0.1, 0.15) is 32.1 Å². The number of sulfone groups is 1. The van der Waals surface area contributed by atoms with Crippen molar-refractivity contribution in [2.75, 3.05) is 39.5 Å². The number of nitrogens with zero attached hydrogens (tertiary/aromatic N) is 1. The molecule has 1 saturated carbocycles. The van der Waals surface area contributed by atoms with Gasteiger partial charge in [-0.2, -0.15) is 0 Å². The summed E-state index contributed by atoms with van der Waals surface area (Å²) in [5.74, 6) is 0.297. The van der Waals surface area contributed by atoms with Gasteiger partial charge in [0.25, 0.3) is 0 Å². The predicted molar refractivity (Wildman–Crippen MR) is 72.1 cm³/mol. The Hall–Kier alpha value is -0.130. The quantitative estimate of drug-likeness (QED) is 0.692. The van der Waals surface area contributed by atoms with E-state index in [2.05, 4.69) is 10.2 Å². The first-order valence-electron chi connectivity index (χ1n) is 6.59. The SMILES string of the molecule is CN(C)CCNCCS(=O)(=O)C1CCCCC1. The van der Waals surface area contributed by atoms with Crippen LogP contribution in [0, 0.1) is 0 Å². The highest BCUT2D eigenvalue weighted by Crippen LogP contribution is 2.23. The van der Waals surface area contributed by atoms with Crippen LogP contribution in [-0.4, -0.2) is 58.1 Å². The molecule has 0 aliphatic heterocycles. The number of hydrogen-bond donors (Lipinski definition) is 1. The van der Waals surface area contributed by atoms with E-state index in [0.717, 1.165) is 38.8 Å². The maximum absolute atomic E-state index is 12.0. The Labute approximate surface area is 106 Å². The van der Waals surface area contributed by atoms with Crippen LogP contribution in [0.25, 0.3) is 0 Å². The molecule has 0 unspecified atom stereocenters. The van der Waals surface area contributed by atoms with Crippen LogP contribution in [-0.2, 0) is 9.84 Å².